The largest absolute Gasteiger partial charge is 0.309 e. The van der Waals surface area contributed by atoms with Crippen LogP contribution in [0.4, 0.5) is 0 Å². The van der Waals surface area contributed by atoms with E-state index in [-0.39, 0.29) is 10.8 Å². The van der Waals surface area contributed by atoms with Gasteiger partial charge in [0, 0.05) is 49.3 Å². The van der Waals surface area contributed by atoms with Crippen LogP contribution in [0.1, 0.15) is 52.7 Å². The number of hydrogen-bond acceptors (Lipinski definition) is 2. The first-order valence-corrected chi connectivity index (χ1v) is 20.3. The number of para-hydroxylation sites is 4. The van der Waals surface area contributed by atoms with Gasteiger partial charge in [0.15, 0.2) is 0 Å². The van der Waals surface area contributed by atoms with Crippen LogP contribution in [-0.4, -0.2) is 19.1 Å². The molecule has 58 heavy (non-hydrogen) atoms. The zero-order valence-corrected chi connectivity index (χ0v) is 33.8. The Morgan fingerprint density at radius 1 is 0.379 bits per heavy atom. The minimum Gasteiger partial charge on any atom is -0.309 e. The summed E-state index contributed by atoms with van der Waals surface area (Å²) in [4.78, 5) is 11.0. The Bertz CT molecular complexity index is 3240. The first-order valence-electron chi connectivity index (χ1n) is 20.3. The maximum Gasteiger partial charge on any atom is 0.0979 e. The van der Waals surface area contributed by atoms with E-state index in [0.29, 0.717) is 0 Å². The zero-order valence-electron chi connectivity index (χ0n) is 33.8. The van der Waals surface area contributed by atoms with Gasteiger partial charge in [-0.1, -0.05) is 139 Å². The smallest absolute Gasteiger partial charge is 0.0979 e. The van der Waals surface area contributed by atoms with Gasteiger partial charge in [0.25, 0.3) is 0 Å². The standard InChI is InChI=1S/C54H44N4/c1-53(2,3)34-23-25-38-39-26-24-35(54(4,5)6)30-45(39)52-51(44(38)29-34)55-32-46(56-52)33-27-36(57-47-19-11-7-15-40(47)41-16-8-12-20-48(41)57)31-37(28-33)58-49-21-13-9-17-42(49)43-18-10-14-22-50(43)58/h7-32H,1-6H3. The lowest BCUT2D eigenvalue weighted by atomic mass is 9.83. The Balaban J connectivity index is 1.25. The summed E-state index contributed by atoms with van der Waals surface area (Å²) in [5.41, 5.74) is 13.1. The molecule has 8 aromatic carbocycles. The van der Waals surface area contributed by atoms with Crippen LogP contribution < -0.4 is 0 Å². The number of benzene rings is 8. The molecular formula is C54H44N4. The molecule has 0 bridgehead atoms. The summed E-state index contributed by atoms with van der Waals surface area (Å²) in [6, 6.07) is 55.7. The van der Waals surface area contributed by atoms with Crippen LogP contribution in [-0.2, 0) is 10.8 Å². The number of nitrogens with zero attached hydrogens (tertiary/aromatic N) is 4. The van der Waals surface area contributed by atoms with Crippen LogP contribution >= 0.6 is 0 Å². The lowest BCUT2D eigenvalue weighted by molar-refractivity contribution is 0.591. The van der Waals surface area contributed by atoms with Gasteiger partial charge in [0.05, 0.1) is 45.0 Å². The predicted molar refractivity (Wildman–Crippen MR) is 246 cm³/mol. The average Bonchev–Trinajstić information content (AvgIpc) is 3.75. The molecule has 0 radical (unpaired) electrons. The second-order valence-electron chi connectivity index (χ2n) is 18.0. The molecule has 4 heteroatoms. The third kappa shape index (κ3) is 5.21. The molecule has 11 rings (SSSR count). The average molecular weight is 749 g/mol. The fourth-order valence-corrected chi connectivity index (χ4v) is 9.20. The molecule has 280 valence electrons. The molecule has 0 unspecified atom stereocenters. The van der Waals surface area contributed by atoms with Crippen molar-refractivity contribution in [2.45, 2.75) is 52.4 Å². The maximum absolute atomic E-state index is 5.65. The van der Waals surface area contributed by atoms with Gasteiger partial charge in [0.1, 0.15) is 0 Å². The molecule has 3 aromatic heterocycles. The summed E-state index contributed by atoms with van der Waals surface area (Å²) in [5, 5.41) is 9.61. The molecular weight excluding hydrogens is 705 g/mol. The molecule has 0 fully saturated rings. The minimum absolute atomic E-state index is 0.00457. The molecule has 0 amide bonds. The molecule has 3 heterocycles. The number of fused-ring (bicyclic) bond motifs is 12. The lowest BCUT2D eigenvalue weighted by Crippen LogP contribution is -2.11. The van der Waals surface area contributed by atoms with Crippen molar-refractivity contribution in [1.82, 2.24) is 19.1 Å². The zero-order chi connectivity index (χ0) is 39.5. The number of aromatic nitrogens is 4. The Hall–Kier alpha value is -6.78. The van der Waals surface area contributed by atoms with E-state index in [4.69, 9.17) is 9.97 Å². The monoisotopic (exact) mass is 748 g/mol. The molecule has 0 N–H and O–H groups in total. The maximum atomic E-state index is 5.65. The summed E-state index contributed by atoms with van der Waals surface area (Å²) >= 11 is 0. The molecule has 4 nitrogen and oxygen atoms in total. The SMILES string of the molecule is CC(C)(C)c1ccc2c3ccc(C(C)(C)C)cc3c3nc(-c4cc(-n5c6ccccc6c6ccccc65)cc(-n5c6ccccc6c6ccccc65)c4)cnc3c2c1. The molecule has 0 aliphatic carbocycles. The van der Waals surface area contributed by atoms with Crippen molar-refractivity contribution < 1.29 is 0 Å². The van der Waals surface area contributed by atoms with Gasteiger partial charge in [-0.2, -0.15) is 0 Å². The molecule has 11 aromatic rings. The van der Waals surface area contributed by atoms with Crippen molar-refractivity contribution in [2.75, 3.05) is 0 Å². The van der Waals surface area contributed by atoms with E-state index < -0.39 is 0 Å². The number of hydrogen-bond donors (Lipinski definition) is 0. The number of rotatable bonds is 3. The van der Waals surface area contributed by atoms with Crippen molar-refractivity contribution in [3.63, 3.8) is 0 Å². The van der Waals surface area contributed by atoms with Crippen LogP contribution in [0.2, 0.25) is 0 Å². The molecule has 0 saturated heterocycles. The van der Waals surface area contributed by atoms with E-state index in [0.717, 1.165) is 44.4 Å². The van der Waals surface area contributed by atoms with Gasteiger partial charge in [0.2, 0.25) is 0 Å². The third-order valence-electron chi connectivity index (χ3n) is 12.2. The fraction of sp³-hybridized carbons (Fsp3) is 0.148. The van der Waals surface area contributed by atoms with E-state index in [1.54, 1.807) is 0 Å². The summed E-state index contributed by atoms with van der Waals surface area (Å²) in [7, 11) is 0. The van der Waals surface area contributed by atoms with E-state index in [1.165, 1.54) is 65.5 Å². The summed E-state index contributed by atoms with van der Waals surface area (Å²) < 4.78 is 4.82. The topological polar surface area (TPSA) is 35.6 Å². The fourth-order valence-electron chi connectivity index (χ4n) is 9.20. The van der Waals surface area contributed by atoms with E-state index in [2.05, 4.69) is 202 Å². The summed E-state index contributed by atoms with van der Waals surface area (Å²) in [6.07, 6.45) is 1.99. The van der Waals surface area contributed by atoms with Crippen LogP contribution in [0, 0.1) is 0 Å². The van der Waals surface area contributed by atoms with E-state index in [9.17, 15) is 0 Å². The van der Waals surface area contributed by atoms with Crippen molar-refractivity contribution in [2.24, 2.45) is 0 Å². The third-order valence-corrected chi connectivity index (χ3v) is 12.2. The van der Waals surface area contributed by atoms with Crippen molar-refractivity contribution in [1.29, 1.82) is 0 Å². The molecule has 0 spiro atoms. The quantitative estimate of drug-likeness (QED) is 0.169. The van der Waals surface area contributed by atoms with Gasteiger partial charge >= 0.3 is 0 Å². The Morgan fingerprint density at radius 2 is 0.776 bits per heavy atom. The van der Waals surface area contributed by atoms with Crippen molar-refractivity contribution in [3.8, 4) is 22.6 Å². The predicted octanol–water partition coefficient (Wildman–Crippen LogP) is 14.4. The van der Waals surface area contributed by atoms with Gasteiger partial charge in [-0.25, -0.2) is 4.98 Å². The molecule has 0 saturated carbocycles. The van der Waals surface area contributed by atoms with Crippen LogP contribution in [0.25, 0.3) is 98.8 Å². The molecule has 0 atom stereocenters. The molecule has 0 aliphatic heterocycles. The highest BCUT2D eigenvalue weighted by atomic mass is 15.0. The van der Waals surface area contributed by atoms with Crippen molar-refractivity contribution >= 4 is 76.2 Å². The highest BCUT2D eigenvalue weighted by molar-refractivity contribution is 6.23. The van der Waals surface area contributed by atoms with Gasteiger partial charge in [-0.15, -0.1) is 0 Å². The first kappa shape index (κ1) is 34.5. The van der Waals surface area contributed by atoms with Crippen LogP contribution in [0.5, 0.6) is 0 Å². The Morgan fingerprint density at radius 3 is 1.19 bits per heavy atom. The second-order valence-corrected chi connectivity index (χ2v) is 18.0. The summed E-state index contributed by atoms with van der Waals surface area (Å²) in [6.45, 7) is 13.7. The van der Waals surface area contributed by atoms with Gasteiger partial charge in [-0.05, 0) is 87.3 Å². The lowest BCUT2D eigenvalue weighted by Gasteiger charge is -2.22. The summed E-state index contributed by atoms with van der Waals surface area (Å²) in [5.74, 6) is 0. The van der Waals surface area contributed by atoms with Crippen molar-refractivity contribution in [3.05, 3.63) is 169 Å². The Labute approximate surface area is 338 Å². The van der Waals surface area contributed by atoms with E-state index in [1.807, 2.05) is 6.20 Å². The normalized spacial score (nSPS) is 12.7. The van der Waals surface area contributed by atoms with Crippen LogP contribution in [0.3, 0.4) is 0 Å². The first-order chi connectivity index (χ1) is 28.0. The van der Waals surface area contributed by atoms with Gasteiger partial charge in [-0.3, -0.25) is 4.98 Å². The Kier molecular flexibility index (Phi) is 7.34. The van der Waals surface area contributed by atoms with Gasteiger partial charge < -0.3 is 9.13 Å². The highest BCUT2D eigenvalue weighted by Gasteiger charge is 2.22. The molecule has 0 aliphatic rings. The minimum atomic E-state index is -0.0234. The van der Waals surface area contributed by atoms with Crippen LogP contribution in [0.15, 0.2) is 158 Å². The second kappa shape index (κ2) is 12.4. The van der Waals surface area contributed by atoms with E-state index >= 15 is 0 Å². The highest BCUT2D eigenvalue weighted by Crippen LogP contribution is 2.41.